The second-order valence-corrected chi connectivity index (χ2v) is 5.84. The molecule has 0 radical (unpaired) electrons. The SMILES string of the molecule is C=C(C#CC(C)(C)C)CC(C)(C)C. The number of hydrogen-bond donors (Lipinski definition) is 0. The summed E-state index contributed by atoms with van der Waals surface area (Å²) in [4.78, 5) is 0. The molecule has 0 aromatic carbocycles. The van der Waals surface area contributed by atoms with Gasteiger partial charge in [0.15, 0.2) is 0 Å². The highest BCUT2D eigenvalue weighted by Gasteiger charge is 2.11. The maximum Gasteiger partial charge on any atom is 0.0233 e. The standard InChI is InChI=1S/C13H22/c1-11(10-13(5,6)7)8-9-12(2,3)4/h1,10H2,2-7H3. The summed E-state index contributed by atoms with van der Waals surface area (Å²) in [5.74, 6) is 6.33. The van der Waals surface area contributed by atoms with E-state index in [1.807, 2.05) is 0 Å². The molecule has 13 heavy (non-hydrogen) atoms. The third kappa shape index (κ3) is 9.21. The van der Waals surface area contributed by atoms with Crippen LogP contribution in [0.2, 0.25) is 0 Å². The maximum atomic E-state index is 3.97. The molecule has 0 amide bonds. The maximum absolute atomic E-state index is 3.97. The van der Waals surface area contributed by atoms with Crippen molar-refractivity contribution in [1.29, 1.82) is 0 Å². The van der Waals surface area contributed by atoms with Crippen LogP contribution in [0.3, 0.4) is 0 Å². The summed E-state index contributed by atoms with van der Waals surface area (Å²) in [5, 5.41) is 0. The van der Waals surface area contributed by atoms with Crippen LogP contribution in [0.25, 0.3) is 0 Å². The van der Waals surface area contributed by atoms with Crippen molar-refractivity contribution in [1.82, 2.24) is 0 Å². The summed E-state index contributed by atoms with van der Waals surface area (Å²) in [6, 6.07) is 0. The molecule has 0 spiro atoms. The molecule has 0 bridgehead atoms. The number of rotatable bonds is 1. The van der Waals surface area contributed by atoms with Gasteiger partial charge in [0.05, 0.1) is 0 Å². The molecule has 0 aromatic heterocycles. The van der Waals surface area contributed by atoms with Gasteiger partial charge in [0.1, 0.15) is 0 Å². The van der Waals surface area contributed by atoms with E-state index in [-0.39, 0.29) is 5.41 Å². The normalized spacial score (nSPS) is 11.8. The highest BCUT2D eigenvalue weighted by atomic mass is 14.2. The van der Waals surface area contributed by atoms with Crippen molar-refractivity contribution < 1.29 is 0 Å². The van der Waals surface area contributed by atoms with Crippen molar-refractivity contribution in [3.8, 4) is 11.8 Å². The van der Waals surface area contributed by atoms with Crippen LogP contribution in [0, 0.1) is 22.7 Å². The second-order valence-electron chi connectivity index (χ2n) is 5.84. The molecule has 0 unspecified atom stereocenters. The summed E-state index contributed by atoms with van der Waals surface area (Å²) in [7, 11) is 0. The highest BCUT2D eigenvalue weighted by Crippen LogP contribution is 2.22. The number of hydrogen-bond acceptors (Lipinski definition) is 0. The third-order valence-corrected chi connectivity index (χ3v) is 1.36. The smallest absolute Gasteiger partial charge is 0.0233 e. The number of allylic oxidation sites excluding steroid dienone is 1. The Hall–Kier alpha value is -0.700. The first-order valence-corrected chi connectivity index (χ1v) is 4.81. The lowest BCUT2D eigenvalue weighted by Crippen LogP contribution is -2.05. The van der Waals surface area contributed by atoms with Gasteiger partial charge in [0, 0.05) is 5.41 Å². The topological polar surface area (TPSA) is 0 Å². The van der Waals surface area contributed by atoms with E-state index in [1.165, 1.54) is 0 Å². The van der Waals surface area contributed by atoms with Gasteiger partial charge >= 0.3 is 0 Å². The molecule has 0 saturated carbocycles. The van der Waals surface area contributed by atoms with E-state index in [2.05, 4.69) is 60.0 Å². The minimum atomic E-state index is 0.0842. The quantitative estimate of drug-likeness (QED) is 0.532. The van der Waals surface area contributed by atoms with Gasteiger partial charge in [-0.25, -0.2) is 0 Å². The molecule has 0 N–H and O–H groups in total. The molecule has 74 valence electrons. The van der Waals surface area contributed by atoms with Crippen LogP contribution in [0.4, 0.5) is 0 Å². The van der Waals surface area contributed by atoms with Crippen molar-refractivity contribution in [2.45, 2.75) is 48.0 Å². The van der Waals surface area contributed by atoms with Gasteiger partial charge in [-0.15, -0.1) is 0 Å². The molecular formula is C13H22. The van der Waals surface area contributed by atoms with Gasteiger partial charge in [-0.1, -0.05) is 39.2 Å². The molecule has 0 rings (SSSR count). The van der Waals surface area contributed by atoms with Crippen molar-refractivity contribution >= 4 is 0 Å². The zero-order valence-corrected chi connectivity index (χ0v) is 9.91. The first-order chi connectivity index (χ1) is 5.60. The minimum Gasteiger partial charge on any atom is -0.0923 e. The monoisotopic (exact) mass is 178 g/mol. The van der Waals surface area contributed by atoms with E-state index in [1.54, 1.807) is 0 Å². The molecule has 0 atom stereocenters. The third-order valence-electron chi connectivity index (χ3n) is 1.36. The van der Waals surface area contributed by atoms with E-state index in [4.69, 9.17) is 0 Å². The zero-order chi connectivity index (χ0) is 10.7. The first kappa shape index (κ1) is 12.3. The highest BCUT2D eigenvalue weighted by molar-refractivity contribution is 5.28. The lowest BCUT2D eigenvalue weighted by Gasteiger charge is -2.17. The van der Waals surface area contributed by atoms with E-state index in [0.717, 1.165) is 12.0 Å². The Balaban J connectivity index is 4.23. The van der Waals surface area contributed by atoms with Crippen LogP contribution in [0.1, 0.15) is 48.0 Å². The van der Waals surface area contributed by atoms with Gasteiger partial charge in [0.2, 0.25) is 0 Å². The average Bonchev–Trinajstić information content (AvgIpc) is 1.78. The lowest BCUT2D eigenvalue weighted by atomic mass is 9.88. The molecular weight excluding hydrogens is 156 g/mol. The van der Waals surface area contributed by atoms with E-state index in [9.17, 15) is 0 Å². The van der Waals surface area contributed by atoms with Gasteiger partial charge in [-0.05, 0) is 38.2 Å². The minimum absolute atomic E-state index is 0.0842. The van der Waals surface area contributed by atoms with Gasteiger partial charge in [-0.2, -0.15) is 0 Å². The Kier molecular flexibility index (Phi) is 3.79. The van der Waals surface area contributed by atoms with Crippen LogP contribution < -0.4 is 0 Å². The van der Waals surface area contributed by atoms with Gasteiger partial charge in [0.25, 0.3) is 0 Å². The summed E-state index contributed by atoms with van der Waals surface area (Å²) in [5.41, 5.74) is 1.42. The van der Waals surface area contributed by atoms with E-state index < -0.39 is 0 Å². The molecule has 0 fully saturated rings. The average molecular weight is 178 g/mol. The Morgan fingerprint density at radius 1 is 1.08 bits per heavy atom. The van der Waals surface area contributed by atoms with Crippen LogP contribution >= 0.6 is 0 Å². The van der Waals surface area contributed by atoms with Crippen LogP contribution in [0.5, 0.6) is 0 Å². The molecule has 0 aliphatic carbocycles. The Morgan fingerprint density at radius 3 is 1.85 bits per heavy atom. The molecule has 0 aliphatic rings. The molecule has 0 nitrogen and oxygen atoms in total. The largest absolute Gasteiger partial charge is 0.0923 e. The Labute approximate surface area is 83.4 Å². The van der Waals surface area contributed by atoms with Gasteiger partial charge in [-0.3, -0.25) is 0 Å². The fourth-order valence-corrected chi connectivity index (χ4v) is 0.960. The Bertz CT molecular complexity index is 232. The van der Waals surface area contributed by atoms with E-state index in [0.29, 0.717) is 5.41 Å². The summed E-state index contributed by atoms with van der Waals surface area (Å²) >= 11 is 0. The molecule has 0 heterocycles. The molecule has 0 aromatic rings. The van der Waals surface area contributed by atoms with E-state index >= 15 is 0 Å². The predicted molar refractivity (Wildman–Crippen MR) is 60.4 cm³/mol. The van der Waals surface area contributed by atoms with Crippen LogP contribution in [-0.2, 0) is 0 Å². The predicted octanol–water partition coefficient (Wildman–Crippen LogP) is 4.03. The lowest BCUT2D eigenvalue weighted by molar-refractivity contribution is 0.414. The van der Waals surface area contributed by atoms with Crippen LogP contribution in [-0.4, -0.2) is 0 Å². The van der Waals surface area contributed by atoms with Crippen molar-refractivity contribution in [3.05, 3.63) is 12.2 Å². The van der Waals surface area contributed by atoms with Crippen LogP contribution in [0.15, 0.2) is 12.2 Å². The van der Waals surface area contributed by atoms with Gasteiger partial charge < -0.3 is 0 Å². The first-order valence-electron chi connectivity index (χ1n) is 4.81. The van der Waals surface area contributed by atoms with Crippen molar-refractivity contribution in [2.24, 2.45) is 10.8 Å². The molecule has 0 aliphatic heterocycles. The molecule has 0 saturated heterocycles. The zero-order valence-electron chi connectivity index (χ0n) is 9.91. The Morgan fingerprint density at radius 2 is 1.54 bits per heavy atom. The fraction of sp³-hybridized carbons (Fsp3) is 0.692. The second kappa shape index (κ2) is 4.01. The van der Waals surface area contributed by atoms with Crippen molar-refractivity contribution in [2.75, 3.05) is 0 Å². The summed E-state index contributed by atoms with van der Waals surface area (Å²) in [6.45, 7) is 16.9. The summed E-state index contributed by atoms with van der Waals surface area (Å²) < 4.78 is 0. The fourth-order valence-electron chi connectivity index (χ4n) is 0.960. The molecule has 0 heteroatoms. The van der Waals surface area contributed by atoms with Crippen molar-refractivity contribution in [3.63, 3.8) is 0 Å². The summed E-state index contributed by atoms with van der Waals surface area (Å²) in [6.07, 6.45) is 0.982.